The fourth-order valence-electron chi connectivity index (χ4n) is 2.98. The van der Waals surface area contributed by atoms with E-state index in [1.807, 2.05) is 24.4 Å². The number of halogens is 2. The number of carbonyl (C=O) groups is 1. The molecule has 4 rings (SSSR count). The molecule has 0 saturated carbocycles. The Kier molecular flexibility index (Phi) is 6.44. The first-order valence-electron chi connectivity index (χ1n) is 9.54. The van der Waals surface area contributed by atoms with Crippen molar-refractivity contribution in [1.29, 1.82) is 0 Å². The SMILES string of the molecule is Cc1ccccc1Cn1ccc(NC(=O)c2ccc(COc3ccc(Br)cc3Cl)o2)n1. The second kappa shape index (κ2) is 9.41. The van der Waals surface area contributed by atoms with Crippen molar-refractivity contribution < 1.29 is 13.9 Å². The van der Waals surface area contributed by atoms with Gasteiger partial charge in [-0.1, -0.05) is 51.8 Å². The lowest BCUT2D eigenvalue weighted by molar-refractivity contribution is 0.0992. The van der Waals surface area contributed by atoms with Gasteiger partial charge in [0.15, 0.2) is 11.6 Å². The Labute approximate surface area is 192 Å². The Balaban J connectivity index is 1.35. The van der Waals surface area contributed by atoms with E-state index in [4.69, 9.17) is 20.8 Å². The van der Waals surface area contributed by atoms with E-state index in [0.29, 0.717) is 28.9 Å². The first kappa shape index (κ1) is 21.2. The van der Waals surface area contributed by atoms with Crippen LogP contribution in [0.2, 0.25) is 5.02 Å². The van der Waals surface area contributed by atoms with Gasteiger partial charge in [0.1, 0.15) is 18.1 Å². The molecule has 0 aliphatic heterocycles. The van der Waals surface area contributed by atoms with Gasteiger partial charge in [-0.05, 0) is 48.4 Å². The molecule has 0 aliphatic rings. The topological polar surface area (TPSA) is 69.3 Å². The molecule has 0 aliphatic carbocycles. The van der Waals surface area contributed by atoms with Crippen molar-refractivity contribution in [1.82, 2.24) is 9.78 Å². The molecule has 0 radical (unpaired) electrons. The van der Waals surface area contributed by atoms with Crippen molar-refractivity contribution in [3.05, 3.63) is 99.0 Å². The zero-order valence-electron chi connectivity index (χ0n) is 16.6. The molecule has 6 nitrogen and oxygen atoms in total. The van der Waals surface area contributed by atoms with Gasteiger partial charge in [-0.3, -0.25) is 9.48 Å². The highest BCUT2D eigenvalue weighted by atomic mass is 79.9. The summed E-state index contributed by atoms with van der Waals surface area (Å²) in [6.07, 6.45) is 1.82. The summed E-state index contributed by atoms with van der Waals surface area (Å²) in [5.74, 6) is 1.29. The van der Waals surface area contributed by atoms with Crippen LogP contribution in [0.25, 0.3) is 0 Å². The van der Waals surface area contributed by atoms with Crippen molar-refractivity contribution in [2.24, 2.45) is 0 Å². The normalized spacial score (nSPS) is 10.8. The number of anilines is 1. The molecule has 0 spiro atoms. The molecule has 1 N–H and O–H groups in total. The number of furan rings is 1. The van der Waals surface area contributed by atoms with Crippen molar-refractivity contribution in [3.63, 3.8) is 0 Å². The van der Waals surface area contributed by atoms with E-state index < -0.39 is 0 Å². The number of ether oxygens (including phenoxy) is 1. The van der Waals surface area contributed by atoms with Crippen LogP contribution in [0.15, 0.2) is 75.8 Å². The molecule has 0 atom stereocenters. The fourth-order valence-corrected chi connectivity index (χ4v) is 3.70. The molecule has 158 valence electrons. The Bertz CT molecular complexity index is 1220. The zero-order chi connectivity index (χ0) is 21.8. The Morgan fingerprint density at radius 2 is 2.03 bits per heavy atom. The van der Waals surface area contributed by atoms with Gasteiger partial charge in [0, 0.05) is 16.7 Å². The number of amides is 1. The van der Waals surface area contributed by atoms with Crippen molar-refractivity contribution in [2.75, 3.05) is 5.32 Å². The first-order valence-corrected chi connectivity index (χ1v) is 10.7. The largest absolute Gasteiger partial charge is 0.484 e. The fraction of sp³-hybridized carbons (Fsp3) is 0.130. The summed E-state index contributed by atoms with van der Waals surface area (Å²) in [5.41, 5.74) is 2.36. The summed E-state index contributed by atoms with van der Waals surface area (Å²) in [6, 6.07) is 18.5. The van der Waals surface area contributed by atoms with Crippen LogP contribution >= 0.6 is 27.5 Å². The van der Waals surface area contributed by atoms with E-state index in [2.05, 4.69) is 45.4 Å². The molecule has 4 aromatic rings. The predicted molar refractivity (Wildman–Crippen MR) is 123 cm³/mol. The molecule has 8 heteroatoms. The molecule has 2 aromatic heterocycles. The van der Waals surface area contributed by atoms with Crippen LogP contribution in [0.5, 0.6) is 5.75 Å². The van der Waals surface area contributed by atoms with Crippen LogP contribution in [0.3, 0.4) is 0 Å². The molecule has 0 saturated heterocycles. The van der Waals surface area contributed by atoms with Gasteiger partial charge >= 0.3 is 0 Å². The van der Waals surface area contributed by atoms with Gasteiger partial charge < -0.3 is 14.5 Å². The number of aromatic nitrogens is 2. The van der Waals surface area contributed by atoms with Crippen LogP contribution < -0.4 is 10.1 Å². The quantitative estimate of drug-likeness (QED) is 0.334. The molecule has 31 heavy (non-hydrogen) atoms. The lowest BCUT2D eigenvalue weighted by atomic mass is 10.1. The molecule has 2 aromatic carbocycles. The van der Waals surface area contributed by atoms with Gasteiger partial charge in [0.05, 0.1) is 11.6 Å². The van der Waals surface area contributed by atoms with Crippen molar-refractivity contribution in [3.8, 4) is 5.75 Å². The Morgan fingerprint density at radius 1 is 1.19 bits per heavy atom. The van der Waals surface area contributed by atoms with E-state index >= 15 is 0 Å². The number of hydrogen-bond donors (Lipinski definition) is 1. The number of nitrogens with zero attached hydrogens (tertiary/aromatic N) is 2. The van der Waals surface area contributed by atoms with Gasteiger partial charge in [0.2, 0.25) is 0 Å². The second-order valence-corrected chi connectivity index (χ2v) is 8.23. The molecule has 0 fully saturated rings. The average molecular weight is 501 g/mol. The minimum Gasteiger partial charge on any atom is -0.484 e. The summed E-state index contributed by atoms with van der Waals surface area (Å²) in [4.78, 5) is 12.5. The summed E-state index contributed by atoms with van der Waals surface area (Å²) >= 11 is 9.49. The summed E-state index contributed by atoms with van der Waals surface area (Å²) < 4.78 is 13.9. The Hall–Kier alpha value is -3.03. The maximum atomic E-state index is 12.5. The van der Waals surface area contributed by atoms with Gasteiger partial charge in [-0.15, -0.1) is 0 Å². The molecular formula is C23H19BrClN3O3. The van der Waals surface area contributed by atoms with Crippen molar-refractivity contribution in [2.45, 2.75) is 20.1 Å². The van der Waals surface area contributed by atoms with E-state index in [-0.39, 0.29) is 18.3 Å². The van der Waals surface area contributed by atoms with Crippen molar-refractivity contribution >= 4 is 39.3 Å². The number of aryl methyl sites for hydroxylation is 1. The molecule has 0 bridgehead atoms. The summed E-state index contributed by atoms with van der Waals surface area (Å²) in [5, 5.41) is 7.65. The van der Waals surface area contributed by atoms with Gasteiger partial charge in [0.25, 0.3) is 5.91 Å². The number of nitrogens with one attached hydrogen (secondary N) is 1. The minimum absolute atomic E-state index is 0.152. The number of benzene rings is 2. The third kappa shape index (κ3) is 5.37. The van der Waals surface area contributed by atoms with Crippen LogP contribution in [0.4, 0.5) is 5.82 Å². The lowest BCUT2D eigenvalue weighted by Crippen LogP contribution is -2.12. The molecule has 2 heterocycles. The summed E-state index contributed by atoms with van der Waals surface area (Å²) in [6.45, 7) is 2.84. The maximum Gasteiger partial charge on any atom is 0.292 e. The summed E-state index contributed by atoms with van der Waals surface area (Å²) in [7, 11) is 0. The molecular weight excluding hydrogens is 482 g/mol. The number of hydrogen-bond acceptors (Lipinski definition) is 4. The third-order valence-corrected chi connectivity index (χ3v) is 5.41. The van der Waals surface area contributed by atoms with E-state index in [1.54, 1.807) is 35.0 Å². The predicted octanol–water partition coefficient (Wildman–Crippen LogP) is 6.08. The van der Waals surface area contributed by atoms with Crippen LogP contribution in [-0.4, -0.2) is 15.7 Å². The molecule has 1 amide bonds. The monoisotopic (exact) mass is 499 g/mol. The lowest BCUT2D eigenvalue weighted by Gasteiger charge is -2.06. The minimum atomic E-state index is -0.380. The third-order valence-electron chi connectivity index (χ3n) is 4.63. The number of carbonyl (C=O) groups excluding carboxylic acids is 1. The highest BCUT2D eigenvalue weighted by Crippen LogP contribution is 2.28. The van der Waals surface area contributed by atoms with E-state index in [9.17, 15) is 4.79 Å². The van der Waals surface area contributed by atoms with Gasteiger partial charge in [-0.25, -0.2) is 0 Å². The number of rotatable bonds is 7. The van der Waals surface area contributed by atoms with Crippen LogP contribution in [0.1, 0.15) is 27.4 Å². The van der Waals surface area contributed by atoms with Gasteiger partial charge in [-0.2, -0.15) is 5.10 Å². The smallest absolute Gasteiger partial charge is 0.292 e. The Morgan fingerprint density at radius 3 is 2.84 bits per heavy atom. The van der Waals surface area contributed by atoms with E-state index in [1.165, 1.54) is 11.1 Å². The standard InChI is InChI=1S/C23H19BrClN3O3/c1-15-4-2-3-5-16(15)13-28-11-10-22(27-28)26-23(29)21-9-7-18(31-21)14-30-20-8-6-17(24)12-19(20)25/h2-12H,13-14H2,1H3,(H,26,27,29). The second-order valence-electron chi connectivity index (χ2n) is 6.91. The first-order chi connectivity index (χ1) is 15.0. The maximum absolute atomic E-state index is 12.5. The molecule has 0 unspecified atom stereocenters. The highest BCUT2D eigenvalue weighted by molar-refractivity contribution is 9.10. The van der Waals surface area contributed by atoms with Crippen LogP contribution in [0, 0.1) is 6.92 Å². The zero-order valence-corrected chi connectivity index (χ0v) is 19.0. The average Bonchev–Trinajstić information content (AvgIpc) is 3.39. The highest BCUT2D eigenvalue weighted by Gasteiger charge is 2.14. The van der Waals surface area contributed by atoms with Crippen LogP contribution in [-0.2, 0) is 13.2 Å². The van der Waals surface area contributed by atoms with E-state index in [0.717, 1.165) is 4.47 Å².